The van der Waals surface area contributed by atoms with Crippen molar-refractivity contribution in [3.05, 3.63) is 51.0 Å². The van der Waals surface area contributed by atoms with Crippen molar-refractivity contribution in [2.24, 2.45) is 0 Å². The molecule has 4 rings (SSSR count). The maximum atomic E-state index is 13.3. The first-order valence-corrected chi connectivity index (χ1v) is 11.0. The number of benzene rings is 1. The molecule has 2 aromatic heterocycles. The monoisotopic (exact) mass is 459 g/mol. The summed E-state index contributed by atoms with van der Waals surface area (Å²) in [5, 5.41) is 4.13. The molecule has 1 aliphatic rings. The molecule has 1 fully saturated rings. The number of thiophene rings is 1. The minimum absolute atomic E-state index is 0.142. The summed E-state index contributed by atoms with van der Waals surface area (Å²) in [6, 6.07) is 6.77. The number of aromatic nitrogens is 1. The van der Waals surface area contributed by atoms with Gasteiger partial charge in [0.15, 0.2) is 0 Å². The minimum atomic E-state index is -0.407. The van der Waals surface area contributed by atoms with E-state index in [0.29, 0.717) is 52.5 Å². The first-order chi connectivity index (χ1) is 14.9. The van der Waals surface area contributed by atoms with E-state index >= 15 is 0 Å². The van der Waals surface area contributed by atoms with Crippen LogP contribution in [0.3, 0.4) is 0 Å². The number of hydrogen-bond acceptors (Lipinski definition) is 6. The number of carbonyl (C=O) groups excluding carboxylic acids is 2. The molecule has 162 valence electrons. The van der Waals surface area contributed by atoms with E-state index in [4.69, 9.17) is 21.1 Å². The molecule has 3 heterocycles. The summed E-state index contributed by atoms with van der Waals surface area (Å²) in [4.78, 5) is 34.0. The highest BCUT2D eigenvalue weighted by atomic mass is 35.5. The van der Waals surface area contributed by atoms with Crippen molar-refractivity contribution >= 4 is 50.7 Å². The van der Waals surface area contributed by atoms with Crippen molar-refractivity contribution in [1.29, 1.82) is 0 Å². The molecule has 0 spiro atoms. The van der Waals surface area contributed by atoms with Crippen LogP contribution in [-0.4, -0.2) is 55.1 Å². The highest BCUT2D eigenvalue weighted by Gasteiger charge is 2.28. The van der Waals surface area contributed by atoms with Crippen molar-refractivity contribution in [2.75, 3.05) is 38.7 Å². The van der Waals surface area contributed by atoms with Gasteiger partial charge in [0.05, 0.1) is 31.6 Å². The van der Waals surface area contributed by atoms with E-state index < -0.39 is 5.91 Å². The fourth-order valence-corrected chi connectivity index (χ4v) is 5.05. The van der Waals surface area contributed by atoms with Gasteiger partial charge in [0, 0.05) is 29.2 Å². The highest BCUT2D eigenvalue weighted by Crippen LogP contribution is 2.39. The lowest BCUT2D eigenvalue weighted by molar-refractivity contribution is 0.0307. The van der Waals surface area contributed by atoms with Crippen LogP contribution in [0.2, 0.25) is 5.02 Å². The van der Waals surface area contributed by atoms with Crippen LogP contribution in [-0.2, 0) is 4.74 Å². The SMILES string of the molecule is COc1ccc(Cl)cc1C(=O)Nc1c(C(=O)N2CCOCC2)sc2nc(C)cc(C)c12. The number of morpholine rings is 1. The molecule has 0 radical (unpaired) electrons. The number of fused-ring (bicyclic) bond motifs is 1. The van der Waals surface area contributed by atoms with E-state index in [-0.39, 0.29) is 11.5 Å². The van der Waals surface area contributed by atoms with Crippen LogP contribution in [0, 0.1) is 13.8 Å². The van der Waals surface area contributed by atoms with E-state index in [0.717, 1.165) is 16.6 Å². The molecule has 1 aliphatic heterocycles. The first kappa shape index (κ1) is 21.5. The van der Waals surface area contributed by atoms with Crippen LogP contribution in [0.5, 0.6) is 5.75 Å². The van der Waals surface area contributed by atoms with Gasteiger partial charge >= 0.3 is 0 Å². The van der Waals surface area contributed by atoms with Crippen molar-refractivity contribution in [3.8, 4) is 5.75 Å². The Labute approximate surface area is 188 Å². The number of ether oxygens (including phenoxy) is 2. The average Bonchev–Trinajstić information content (AvgIpc) is 3.11. The molecule has 1 saturated heterocycles. The molecule has 0 atom stereocenters. The van der Waals surface area contributed by atoms with Crippen LogP contribution in [0.1, 0.15) is 31.3 Å². The van der Waals surface area contributed by atoms with Crippen molar-refractivity contribution < 1.29 is 19.1 Å². The second-order valence-electron chi connectivity index (χ2n) is 7.27. The number of carbonyl (C=O) groups is 2. The third-order valence-corrected chi connectivity index (χ3v) is 6.43. The molecule has 3 aromatic rings. The van der Waals surface area contributed by atoms with E-state index in [2.05, 4.69) is 10.3 Å². The highest BCUT2D eigenvalue weighted by molar-refractivity contribution is 7.21. The number of nitrogens with one attached hydrogen (secondary N) is 1. The lowest BCUT2D eigenvalue weighted by atomic mass is 10.1. The smallest absolute Gasteiger partial charge is 0.266 e. The third-order valence-electron chi connectivity index (χ3n) is 5.12. The predicted molar refractivity (Wildman–Crippen MR) is 122 cm³/mol. The predicted octanol–water partition coefficient (Wildman–Crippen LogP) is 4.30. The summed E-state index contributed by atoms with van der Waals surface area (Å²) in [6.07, 6.45) is 0. The topological polar surface area (TPSA) is 80.8 Å². The van der Waals surface area contributed by atoms with Crippen LogP contribution in [0.15, 0.2) is 24.3 Å². The normalized spacial score (nSPS) is 14.0. The Morgan fingerprint density at radius 2 is 1.97 bits per heavy atom. The van der Waals surface area contributed by atoms with Crippen molar-refractivity contribution in [1.82, 2.24) is 9.88 Å². The number of rotatable bonds is 4. The summed E-state index contributed by atoms with van der Waals surface area (Å²) in [5.74, 6) is -0.153. The van der Waals surface area contributed by atoms with E-state index in [1.807, 2.05) is 19.9 Å². The maximum Gasteiger partial charge on any atom is 0.266 e. The Morgan fingerprint density at radius 3 is 2.68 bits per heavy atom. The second kappa shape index (κ2) is 8.82. The molecule has 7 nitrogen and oxygen atoms in total. The van der Waals surface area contributed by atoms with Gasteiger partial charge in [-0.2, -0.15) is 0 Å². The quantitative estimate of drug-likeness (QED) is 0.629. The van der Waals surface area contributed by atoms with Crippen LogP contribution >= 0.6 is 22.9 Å². The number of pyridine rings is 1. The van der Waals surface area contributed by atoms with E-state index in [1.165, 1.54) is 18.4 Å². The van der Waals surface area contributed by atoms with Gasteiger partial charge in [-0.1, -0.05) is 11.6 Å². The minimum Gasteiger partial charge on any atom is -0.496 e. The Bertz CT molecular complexity index is 1170. The Morgan fingerprint density at radius 1 is 1.23 bits per heavy atom. The molecule has 0 bridgehead atoms. The molecule has 0 aliphatic carbocycles. The molecule has 0 saturated carbocycles. The number of amides is 2. The van der Waals surface area contributed by atoms with Crippen LogP contribution in [0.4, 0.5) is 5.69 Å². The Balaban J connectivity index is 1.81. The summed E-state index contributed by atoms with van der Waals surface area (Å²) < 4.78 is 10.7. The molecular formula is C22H22ClN3O4S. The van der Waals surface area contributed by atoms with Gasteiger partial charge < -0.3 is 19.7 Å². The lowest BCUT2D eigenvalue weighted by Gasteiger charge is -2.26. The van der Waals surface area contributed by atoms with Crippen molar-refractivity contribution in [2.45, 2.75) is 13.8 Å². The molecule has 31 heavy (non-hydrogen) atoms. The second-order valence-corrected chi connectivity index (χ2v) is 8.71. The van der Waals surface area contributed by atoms with Crippen LogP contribution < -0.4 is 10.1 Å². The third kappa shape index (κ3) is 4.23. The van der Waals surface area contributed by atoms with Gasteiger partial charge in [0.25, 0.3) is 11.8 Å². The van der Waals surface area contributed by atoms with E-state index in [9.17, 15) is 9.59 Å². The number of nitrogens with zero attached hydrogens (tertiary/aromatic N) is 2. The van der Waals surface area contributed by atoms with Crippen LogP contribution in [0.25, 0.3) is 10.2 Å². The van der Waals surface area contributed by atoms with Gasteiger partial charge in [-0.05, 0) is 43.7 Å². The van der Waals surface area contributed by atoms with Gasteiger partial charge in [-0.25, -0.2) is 4.98 Å². The van der Waals surface area contributed by atoms with Gasteiger partial charge in [0.2, 0.25) is 0 Å². The number of methoxy groups -OCH3 is 1. The summed E-state index contributed by atoms with van der Waals surface area (Å²) >= 11 is 7.39. The molecule has 1 N–H and O–H groups in total. The average molecular weight is 460 g/mol. The summed E-state index contributed by atoms with van der Waals surface area (Å²) in [7, 11) is 1.49. The fraction of sp³-hybridized carbons (Fsp3) is 0.318. The lowest BCUT2D eigenvalue weighted by Crippen LogP contribution is -2.40. The van der Waals surface area contributed by atoms with E-state index in [1.54, 1.807) is 23.1 Å². The largest absolute Gasteiger partial charge is 0.496 e. The first-order valence-electron chi connectivity index (χ1n) is 9.81. The summed E-state index contributed by atoms with van der Waals surface area (Å²) in [5.41, 5.74) is 2.55. The van der Waals surface area contributed by atoms with Crippen molar-refractivity contribution in [3.63, 3.8) is 0 Å². The van der Waals surface area contributed by atoms with Gasteiger partial charge in [0.1, 0.15) is 15.5 Å². The fourth-order valence-electron chi connectivity index (χ4n) is 3.66. The number of hydrogen-bond donors (Lipinski definition) is 1. The number of anilines is 1. The zero-order chi connectivity index (χ0) is 22.1. The van der Waals surface area contributed by atoms with Gasteiger partial charge in [-0.15, -0.1) is 11.3 Å². The Kier molecular flexibility index (Phi) is 6.13. The molecule has 0 unspecified atom stereocenters. The molecule has 1 aromatic carbocycles. The number of halogens is 1. The zero-order valence-electron chi connectivity index (χ0n) is 17.5. The standard InChI is InChI=1S/C22H22ClN3O4S/c1-12-10-13(2)24-21-17(12)18(19(31-21)22(28)26-6-8-30-9-7-26)25-20(27)15-11-14(23)4-5-16(15)29-3/h4-5,10-11H,6-9H2,1-3H3,(H,25,27). The maximum absolute atomic E-state index is 13.3. The number of aryl methyl sites for hydroxylation is 2. The molecule has 2 amide bonds. The molecular weight excluding hydrogens is 438 g/mol. The molecule has 9 heteroatoms. The Hall–Kier alpha value is -2.68. The summed E-state index contributed by atoms with van der Waals surface area (Å²) in [6.45, 7) is 5.86. The van der Waals surface area contributed by atoms with Gasteiger partial charge in [-0.3, -0.25) is 9.59 Å². The zero-order valence-corrected chi connectivity index (χ0v) is 19.0.